The number of carbonyl (C=O) groups is 1. The minimum Gasteiger partial charge on any atom is -0.350 e. The highest BCUT2D eigenvalue weighted by molar-refractivity contribution is 5.77. The fraction of sp³-hybridized carbons (Fsp3) is 0.435. The van der Waals surface area contributed by atoms with Crippen LogP contribution in [0.15, 0.2) is 34.1 Å². The Morgan fingerprint density at radius 1 is 1.26 bits per heavy atom. The number of anilines is 1. The third kappa shape index (κ3) is 4.58. The van der Waals surface area contributed by atoms with Crippen molar-refractivity contribution in [1.82, 2.24) is 29.0 Å². The zero-order valence-corrected chi connectivity index (χ0v) is 19.3. The van der Waals surface area contributed by atoms with Crippen LogP contribution in [-0.4, -0.2) is 48.7 Å². The van der Waals surface area contributed by atoms with Crippen LogP contribution >= 0.6 is 0 Å². The predicted molar refractivity (Wildman–Crippen MR) is 128 cm³/mol. The van der Waals surface area contributed by atoms with Crippen LogP contribution in [0, 0.1) is 11.8 Å². The first-order valence-corrected chi connectivity index (χ1v) is 11.2. The Morgan fingerprint density at radius 2 is 2.03 bits per heavy atom. The SMILES string of the molecule is CC#CCn1c(N2CCCC(N)C2)nc2c1c(=O)n(CC(=O)NCc1ccncc1)c(=O)n2C. The molecule has 4 heterocycles. The van der Waals surface area contributed by atoms with Gasteiger partial charge in [0.05, 0.1) is 6.54 Å². The summed E-state index contributed by atoms with van der Waals surface area (Å²) >= 11 is 0. The Hall–Kier alpha value is -3.91. The van der Waals surface area contributed by atoms with Crippen LogP contribution in [0.5, 0.6) is 0 Å². The molecule has 0 saturated carbocycles. The van der Waals surface area contributed by atoms with Crippen molar-refractivity contribution in [2.45, 2.75) is 45.4 Å². The summed E-state index contributed by atoms with van der Waals surface area (Å²) in [6.07, 6.45) is 5.08. The number of piperidine rings is 1. The van der Waals surface area contributed by atoms with Crippen LogP contribution < -0.4 is 27.2 Å². The minimum atomic E-state index is -0.607. The molecule has 1 amide bonds. The Kier molecular flexibility index (Phi) is 6.79. The largest absolute Gasteiger partial charge is 0.350 e. The smallest absolute Gasteiger partial charge is 0.332 e. The fourth-order valence-corrected chi connectivity index (χ4v) is 4.14. The average molecular weight is 465 g/mol. The standard InChI is InChI=1S/C23H28N8O3/c1-3-4-12-30-19-20(27-22(30)29-11-5-6-17(24)14-29)28(2)23(34)31(21(19)33)15-18(32)26-13-16-7-9-25-10-8-16/h7-10,17H,5-6,11-15,24H2,1-2H3,(H,26,32). The quantitative estimate of drug-likeness (QED) is 0.473. The maximum absolute atomic E-state index is 13.5. The second kappa shape index (κ2) is 9.93. The van der Waals surface area contributed by atoms with E-state index in [1.807, 2.05) is 4.90 Å². The molecule has 1 aliphatic heterocycles. The highest BCUT2D eigenvalue weighted by atomic mass is 16.2. The van der Waals surface area contributed by atoms with E-state index in [2.05, 4.69) is 27.1 Å². The van der Waals surface area contributed by atoms with E-state index in [1.165, 1.54) is 4.57 Å². The summed E-state index contributed by atoms with van der Waals surface area (Å²) in [5.74, 6) is 5.94. The summed E-state index contributed by atoms with van der Waals surface area (Å²) in [5.41, 5.74) is 6.34. The van der Waals surface area contributed by atoms with Gasteiger partial charge in [-0.25, -0.2) is 9.36 Å². The highest BCUT2D eigenvalue weighted by Crippen LogP contribution is 2.22. The number of amides is 1. The summed E-state index contributed by atoms with van der Waals surface area (Å²) in [6, 6.07) is 3.56. The van der Waals surface area contributed by atoms with Gasteiger partial charge in [-0.2, -0.15) is 4.98 Å². The van der Waals surface area contributed by atoms with E-state index < -0.39 is 23.7 Å². The molecule has 0 radical (unpaired) electrons. The van der Waals surface area contributed by atoms with Crippen LogP contribution in [-0.2, 0) is 31.5 Å². The van der Waals surface area contributed by atoms with Gasteiger partial charge < -0.3 is 16.0 Å². The third-order valence-electron chi connectivity index (χ3n) is 5.91. The Labute approximate surface area is 196 Å². The summed E-state index contributed by atoms with van der Waals surface area (Å²) in [5, 5.41) is 2.74. The lowest BCUT2D eigenvalue weighted by atomic mass is 10.1. The number of nitrogens with two attached hydrogens (primary N) is 1. The maximum Gasteiger partial charge on any atom is 0.332 e. The molecule has 34 heavy (non-hydrogen) atoms. The van der Waals surface area contributed by atoms with Gasteiger partial charge in [-0.05, 0) is 37.5 Å². The Bertz CT molecular complexity index is 1380. The number of nitrogens with zero attached hydrogens (tertiary/aromatic N) is 6. The molecule has 11 heteroatoms. The molecule has 1 unspecified atom stereocenters. The monoisotopic (exact) mass is 464 g/mol. The van der Waals surface area contributed by atoms with Crippen LogP contribution in [0.25, 0.3) is 11.2 Å². The fourth-order valence-electron chi connectivity index (χ4n) is 4.14. The highest BCUT2D eigenvalue weighted by Gasteiger charge is 2.26. The third-order valence-corrected chi connectivity index (χ3v) is 5.91. The van der Waals surface area contributed by atoms with Crippen LogP contribution in [0.3, 0.4) is 0 Å². The van der Waals surface area contributed by atoms with Crippen LogP contribution in [0.2, 0.25) is 0 Å². The lowest BCUT2D eigenvalue weighted by molar-refractivity contribution is -0.121. The molecular formula is C23H28N8O3. The van der Waals surface area contributed by atoms with Crippen molar-refractivity contribution in [3.63, 3.8) is 0 Å². The Balaban J connectivity index is 1.73. The van der Waals surface area contributed by atoms with E-state index in [4.69, 9.17) is 5.73 Å². The zero-order chi connectivity index (χ0) is 24.2. The van der Waals surface area contributed by atoms with Crippen molar-refractivity contribution in [2.75, 3.05) is 18.0 Å². The van der Waals surface area contributed by atoms with Crippen molar-refractivity contribution in [3.8, 4) is 11.8 Å². The number of aromatic nitrogens is 5. The van der Waals surface area contributed by atoms with E-state index in [1.54, 1.807) is 43.1 Å². The number of pyridine rings is 1. The van der Waals surface area contributed by atoms with Gasteiger partial charge in [0, 0.05) is 45.1 Å². The lowest BCUT2D eigenvalue weighted by Crippen LogP contribution is -2.44. The van der Waals surface area contributed by atoms with Gasteiger partial charge in [0.15, 0.2) is 11.2 Å². The summed E-state index contributed by atoms with van der Waals surface area (Å²) in [7, 11) is 1.55. The van der Waals surface area contributed by atoms with Gasteiger partial charge in [0.1, 0.15) is 6.54 Å². The van der Waals surface area contributed by atoms with Crippen molar-refractivity contribution in [2.24, 2.45) is 12.8 Å². The molecule has 3 N–H and O–H groups in total. The number of carbonyl (C=O) groups excluding carboxylic acids is 1. The lowest BCUT2D eigenvalue weighted by Gasteiger charge is -2.31. The molecule has 3 aromatic rings. The van der Waals surface area contributed by atoms with E-state index in [-0.39, 0.29) is 30.3 Å². The van der Waals surface area contributed by atoms with Crippen LogP contribution in [0.1, 0.15) is 25.3 Å². The summed E-state index contributed by atoms with van der Waals surface area (Å²) in [4.78, 5) is 49.7. The Morgan fingerprint density at radius 3 is 2.74 bits per heavy atom. The van der Waals surface area contributed by atoms with Gasteiger partial charge in [-0.15, -0.1) is 5.92 Å². The molecule has 178 valence electrons. The molecule has 0 aliphatic carbocycles. The van der Waals surface area contributed by atoms with Crippen molar-refractivity contribution >= 4 is 23.0 Å². The van der Waals surface area contributed by atoms with E-state index in [0.717, 1.165) is 29.5 Å². The molecule has 1 atom stereocenters. The molecule has 1 aliphatic rings. The molecule has 11 nitrogen and oxygen atoms in total. The first kappa shape index (κ1) is 23.3. The number of rotatable bonds is 6. The van der Waals surface area contributed by atoms with Gasteiger partial charge in [-0.1, -0.05) is 5.92 Å². The van der Waals surface area contributed by atoms with Crippen molar-refractivity contribution in [1.29, 1.82) is 0 Å². The number of hydrogen-bond acceptors (Lipinski definition) is 7. The molecular weight excluding hydrogens is 436 g/mol. The van der Waals surface area contributed by atoms with Gasteiger partial charge in [0.25, 0.3) is 5.56 Å². The van der Waals surface area contributed by atoms with Gasteiger partial charge in [-0.3, -0.25) is 23.7 Å². The second-order valence-electron chi connectivity index (χ2n) is 8.31. The van der Waals surface area contributed by atoms with Gasteiger partial charge >= 0.3 is 5.69 Å². The predicted octanol–water partition coefficient (Wildman–Crippen LogP) is -0.441. The number of aryl methyl sites for hydroxylation is 1. The summed E-state index contributed by atoms with van der Waals surface area (Å²) < 4.78 is 3.96. The maximum atomic E-state index is 13.5. The first-order chi connectivity index (χ1) is 16.4. The number of fused-ring (bicyclic) bond motifs is 1. The van der Waals surface area contributed by atoms with Crippen molar-refractivity contribution in [3.05, 3.63) is 50.9 Å². The van der Waals surface area contributed by atoms with E-state index >= 15 is 0 Å². The number of imidazole rings is 1. The van der Waals surface area contributed by atoms with E-state index in [9.17, 15) is 14.4 Å². The zero-order valence-electron chi connectivity index (χ0n) is 19.3. The molecule has 0 bridgehead atoms. The number of nitrogens with one attached hydrogen (secondary N) is 1. The first-order valence-electron chi connectivity index (χ1n) is 11.2. The molecule has 0 aromatic carbocycles. The van der Waals surface area contributed by atoms with Crippen LogP contribution in [0.4, 0.5) is 5.95 Å². The van der Waals surface area contributed by atoms with E-state index in [0.29, 0.717) is 12.5 Å². The average Bonchev–Trinajstić information content (AvgIpc) is 3.23. The molecule has 4 rings (SSSR count). The van der Waals surface area contributed by atoms with Gasteiger partial charge in [0.2, 0.25) is 11.9 Å². The minimum absolute atomic E-state index is 0.00356. The summed E-state index contributed by atoms with van der Waals surface area (Å²) in [6.45, 7) is 3.16. The normalized spacial score (nSPS) is 15.7. The number of hydrogen-bond donors (Lipinski definition) is 2. The topological polar surface area (TPSA) is 133 Å². The second-order valence-corrected chi connectivity index (χ2v) is 8.31. The molecule has 1 fully saturated rings. The molecule has 3 aromatic heterocycles. The molecule has 1 saturated heterocycles. The van der Waals surface area contributed by atoms with Crippen molar-refractivity contribution < 1.29 is 4.79 Å². The molecule has 0 spiro atoms.